The molecular weight excluding hydrogens is 243 g/mol. The van der Waals surface area contributed by atoms with Crippen molar-refractivity contribution in [2.75, 3.05) is 18.0 Å². The summed E-state index contributed by atoms with van der Waals surface area (Å²) in [7, 11) is 0. The van der Waals surface area contributed by atoms with Gasteiger partial charge in [-0.25, -0.2) is 0 Å². The van der Waals surface area contributed by atoms with Gasteiger partial charge in [0.1, 0.15) is 0 Å². The number of fused-ring (bicyclic) bond motifs is 1. The summed E-state index contributed by atoms with van der Waals surface area (Å²) in [5.41, 5.74) is 1.88. The Morgan fingerprint density at radius 2 is 1.94 bits per heavy atom. The largest absolute Gasteiger partial charge is 0.416 e. The minimum atomic E-state index is -4.55. The Morgan fingerprint density at radius 1 is 1.22 bits per heavy atom. The van der Waals surface area contributed by atoms with E-state index in [9.17, 15) is 18.3 Å². The van der Waals surface area contributed by atoms with Crippen LogP contribution in [0.5, 0.6) is 0 Å². The highest BCUT2D eigenvalue weighted by Gasteiger charge is 2.39. The fourth-order valence-corrected chi connectivity index (χ4v) is 2.27. The summed E-state index contributed by atoms with van der Waals surface area (Å²) >= 11 is 0. The van der Waals surface area contributed by atoms with Gasteiger partial charge in [0.05, 0.1) is 6.54 Å². The van der Waals surface area contributed by atoms with Gasteiger partial charge in [-0.05, 0) is 30.9 Å². The SMILES string of the molecule is OC(CN1CCCCc2ccccc21)C(F)(F)F. The number of alkyl halides is 3. The van der Waals surface area contributed by atoms with Gasteiger partial charge in [0.15, 0.2) is 6.10 Å². The molecule has 18 heavy (non-hydrogen) atoms. The highest BCUT2D eigenvalue weighted by atomic mass is 19.4. The number of benzene rings is 1. The van der Waals surface area contributed by atoms with Crippen molar-refractivity contribution < 1.29 is 18.3 Å². The van der Waals surface area contributed by atoms with Gasteiger partial charge in [-0.3, -0.25) is 0 Å². The summed E-state index contributed by atoms with van der Waals surface area (Å²) in [5.74, 6) is 0. The highest BCUT2D eigenvalue weighted by molar-refractivity contribution is 5.54. The lowest BCUT2D eigenvalue weighted by molar-refractivity contribution is -0.200. The van der Waals surface area contributed by atoms with E-state index in [1.165, 1.54) is 0 Å². The summed E-state index contributed by atoms with van der Waals surface area (Å²) in [4.78, 5) is 1.64. The first-order chi connectivity index (χ1) is 8.48. The molecule has 1 unspecified atom stereocenters. The maximum Gasteiger partial charge on any atom is 0.416 e. The monoisotopic (exact) mass is 259 g/mol. The number of para-hydroxylation sites is 1. The molecule has 0 radical (unpaired) electrons. The molecule has 1 heterocycles. The van der Waals surface area contributed by atoms with Crippen molar-refractivity contribution in [2.45, 2.75) is 31.5 Å². The van der Waals surface area contributed by atoms with Crippen LogP contribution in [0, 0.1) is 0 Å². The average Bonchev–Trinajstić information content (AvgIpc) is 2.51. The molecule has 5 heteroatoms. The van der Waals surface area contributed by atoms with E-state index in [2.05, 4.69) is 0 Å². The van der Waals surface area contributed by atoms with E-state index in [-0.39, 0.29) is 6.54 Å². The molecule has 1 atom stereocenters. The molecule has 1 aliphatic heterocycles. The summed E-state index contributed by atoms with van der Waals surface area (Å²) in [5, 5.41) is 9.19. The topological polar surface area (TPSA) is 23.5 Å². The average molecular weight is 259 g/mol. The number of aliphatic hydroxyl groups excluding tert-OH is 1. The lowest BCUT2D eigenvalue weighted by atomic mass is 10.1. The minimum absolute atomic E-state index is 0.388. The fourth-order valence-electron chi connectivity index (χ4n) is 2.27. The van der Waals surface area contributed by atoms with Crippen LogP contribution in [0.4, 0.5) is 18.9 Å². The third-order valence-corrected chi connectivity index (χ3v) is 3.23. The zero-order valence-corrected chi connectivity index (χ0v) is 9.95. The van der Waals surface area contributed by atoms with Gasteiger partial charge in [-0.15, -0.1) is 0 Å². The molecule has 100 valence electrons. The molecule has 1 N–H and O–H groups in total. The Balaban J connectivity index is 2.18. The standard InChI is InChI=1S/C13H16F3NO/c14-13(15,16)12(18)9-17-8-4-3-6-10-5-1-2-7-11(10)17/h1-2,5,7,12,18H,3-4,6,8-9H2. The van der Waals surface area contributed by atoms with Crippen molar-refractivity contribution >= 4 is 5.69 Å². The number of anilines is 1. The predicted molar refractivity (Wildman–Crippen MR) is 63.7 cm³/mol. The first-order valence-electron chi connectivity index (χ1n) is 6.06. The molecule has 0 aromatic heterocycles. The van der Waals surface area contributed by atoms with Crippen LogP contribution >= 0.6 is 0 Å². The third-order valence-electron chi connectivity index (χ3n) is 3.23. The lowest BCUT2D eigenvalue weighted by Crippen LogP contribution is -2.41. The van der Waals surface area contributed by atoms with Crippen molar-refractivity contribution in [1.82, 2.24) is 0 Å². The van der Waals surface area contributed by atoms with Gasteiger partial charge in [0.2, 0.25) is 0 Å². The quantitative estimate of drug-likeness (QED) is 0.882. The normalized spacial score (nSPS) is 18.1. The summed E-state index contributed by atoms with van der Waals surface area (Å²) in [6.07, 6.45) is -4.14. The molecule has 1 aliphatic rings. The highest BCUT2D eigenvalue weighted by Crippen LogP contribution is 2.28. The van der Waals surface area contributed by atoms with Crippen LogP contribution in [0.15, 0.2) is 24.3 Å². The molecule has 0 bridgehead atoms. The van der Waals surface area contributed by atoms with Gasteiger partial charge in [-0.2, -0.15) is 13.2 Å². The molecular formula is C13H16F3NO. The smallest absolute Gasteiger partial charge is 0.382 e. The Morgan fingerprint density at radius 3 is 2.67 bits per heavy atom. The van der Waals surface area contributed by atoms with Gasteiger partial charge in [0.25, 0.3) is 0 Å². The van der Waals surface area contributed by atoms with Crippen LogP contribution in [0.1, 0.15) is 18.4 Å². The van der Waals surface area contributed by atoms with Crippen LogP contribution in [0.2, 0.25) is 0 Å². The van der Waals surface area contributed by atoms with Crippen molar-refractivity contribution in [3.8, 4) is 0 Å². The van der Waals surface area contributed by atoms with E-state index in [1.54, 1.807) is 4.90 Å². The number of nitrogens with zero attached hydrogens (tertiary/aromatic N) is 1. The second-order valence-corrected chi connectivity index (χ2v) is 4.59. The van der Waals surface area contributed by atoms with E-state index in [1.807, 2.05) is 24.3 Å². The first-order valence-corrected chi connectivity index (χ1v) is 6.06. The Bertz CT molecular complexity index is 405. The Kier molecular flexibility index (Phi) is 3.80. The van der Waals surface area contributed by atoms with Gasteiger partial charge >= 0.3 is 6.18 Å². The van der Waals surface area contributed by atoms with Crippen molar-refractivity contribution in [3.05, 3.63) is 29.8 Å². The zero-order chi connectivity index (χ0) is 13.2. The van der Waals surface area contributed by atoms with Crippen molar-refractivity contribution in [2.24, 2.45) is 0 Å². The molecule has 0 saturated heterocycles. The van der Waals surface area contributed by atoms with E-state index in [0.717, 1.165) is 30.5 Å². The van der Waals surface area contributed by atoms with Crippen LogP contribution < -0.4 is 4.90 Å². The second-order valence-electron chi connectivity index (χ2n) is 4.59. The molecule has 1 aromatic carbocycles. The van der Waals surface area contributed by atoms with Crippen molar-refractivity contribution in [3.63, 3.8) is 0 Å². The molecule has 0 spiro atoms. The van der Waals surface area contributed by atoms with Gasteiger partial charge < -0.3 is 10.0 Å². The molecule has 0 fully saturated rings. The minimum Gasteiger partial charge on any atom is -0.382 e. The van der Waals surface area contributed by atoms with Gasteiger partial charge in [-0.1, -0.05) is 18.2 Å². The molecule has 2 nitrogen and oxygen atoms in total. The second kappa shape index (κ2) is 5.18. The summed E-state index contributed by atoms with van der Waals surface area (Å²) in [6, 6.07) is 7.47. The lowest BCUT2D eigenvalue weighted by Gasteiger charge is -2.28. The number of aliphatic hydroxyl groups is 1. The number of halogens is 3. The molecule has 0 aliphatic carbocycles. The number of rotatable bonds is 2. The number of hydrogen-bond donors (Lipinski definition) is 1. The fraction of sp³-hybridized carbons (Fsp3) is 0.538. The van der Waals surface area contributed by atoms with Crippen LogP contribution in [0.3, 0.4) is 0 Å². The predicted octanol–water partition coefficient (Wildman–Crippen LogP) is 2.75. The maximum absolute atomic E-state index is 12.4. The van der Waals surface area contributed by atoms with E-state index in [4.69, 9.17) is 0 Å². The van der Waals surface area contributed by atoms with E-state index >= 15 is 0 Å². The number of aryl methyl sites for hydroxylation is 1. The van der Waals surface area contributed by atoms with Crippen LogP contribution in [0.25, 0.3) is 0 Å². The molecule has 0 amide bonds. The number of hydrogen-bond acceptors (Lipinski definition) is 2. The Hall–Kier alpha value is -1.23. The van der Waals surface area contributed by atoms with Gasteiger partial charge in [0, 0.05) is 12.2 Å². The third kappa shape index (κ3) is 2.96. The van der Waals surface area contributed by atoms with Crippen molar-refractivity contribution in [1.29, 1.82) is 0 Å². The molecule has 2 rings (SSSR count). The first kappa shape index (κ1) is 13.2. The zero-order valence-electron chi connectivity index (χ0n) is 9.95. The summed E-state index contributed by atoms with van der Waals surface area (Å²) < 4.78 is 37.2. The molecule has 1 aromatic rings. The maximum atomic E-state index is 12.4. The summed E-state index contributed by atoms with van der Waals surface area (Å²) in [6.45, 7) is 0.171. The Labute approximate surface area is 104 Å². The van der Waals surface area contributed by atoms with E-state index in [0.29, 0.717) is 6.54 Å². The van der Waals surface area contributed by atoms with E-state index < -0.39 is 12.3 Å². The number of β-amino-alcohol motifs (C(OH)–C–C–N with tert-alkyl or cyclic N) is 1. The van der Waals surface area contributed by atoms with Crippen LogP contribution in [-0.2, 0) is 6.42 Å². The molecule has 0 saturated carbocycles. The van der Waals surface area contributed by atoms with Crippen LogP contribution in [-0.4, -0.2) is 30.5 Å².